The second-order valence-electron chi connectivity index (χ2n) is 7.13. The number of rotatable bonds is 6. The molecule has 1 saturated heterocycles. The third kappa shape index (κ3) is 4.72. The Labute approximate surface area is 129 Å². The number of hydrogen-bond donors (Lipinski definition) is 2. The van der Waals surface area contributed by atoms with Gasteiger partial charge >= 0.3 is 0 Å². The van der Waals surface area contributed by atoms with E-state index in [9.17, 15) is 5.11 Å². The Morgan fingerprint density at radius 3 is 2.86 bits per heavy atom. The average Bonchev–Trinajstić information content (AvgIpc) is 2.90. The molecule has 0 amide bonds. The Kier molecular flexibility index (Phi) is 5.65. The van der Waals surface area contributed by atoms with Crippen LogP contribution in [-0.2, 0) is 5.41 Å². The SMILES string of the molecule is CC(C)(C)c1cccc(NCCCN2CCC[C@H]2CO)c1. The molecule has 21 heavy (non-hydrogen) atoms. The van der Waals surface area contributed by atoms with E-state index >= 15 is 0 Å². The molecule has 1 aromatic carbocycles. The summed E-state index contributed by atoms with van der Waals surface area (Å²) >= 11 is 0. The molecule has 118 valence electrons. The lowest BCUT2D eigenvalue weighted by Crippen LogP contribution is -2.33. The fourth-order valence-electron chi connectivity index (χ4n) is 3.01. The highest BCUT2D eigenvalue weighted by Crippen LogP contribution is 2.24. The van der Waals surface area contributed by atoms with E-state index in [0.29, 0.717) is 12.6 Å². The van der Waals surface area contributed by atoms with Gasteiger partial charge in [-0.15, -0.1) is 0 Å². The highest BCUT2D eigenvalue weighted by atomic mass is 16.3. The zero-order valence-corrected chi connectivity index (χ0v) is 13.7. The van der Waals surface area contributed by atoms with Crippen molar-refractivity contribution in [2.45, 2.75) is 51.5 Å². The van der Waals surface area contributed by atoms with E-state index < -0.39 is 0 Å². The van der Waals surface area contributed by atoms with E-state index in [0.717, 1.165) is 32.5 Å². The molecule has 2 N–H and O–H groups in total. The molecule has 0 aromatic heterocycles. The maximum atomic E-state index is 9.32. The van der Waals surface area contributed by atoms with Crippen molar-refractivity contribution in [1.29, 1.82) is 0 Å². The molecule has 1 fully saturated rings. The molecule has 1 aliphatic rings. The molecule has 1 atom stereocenters. The Balaban J connectivity index is 1.76. The van der Waals surface area contributed by atoms with Gasteiger partial charge in [0.1, 0.15) is 0 Å². The summed E-state index contributed by atoms with van der Waals surface area (Å²) in [7, 11) is 0. The molecule has 1 aromatic rings. The minimum absolute atomic E-state index is 0.196. The molecule has 1 aliphatic heterocycles. The summed E-state index contributed by atoms with van der Waals surface area (Å²) in [5.41, 5.74) is 2.77. The summed E-state index contributed by atoms with van der Waals surface area (Å²) in [4.78, 5) is 2.42. The number of hydrogen-bond acceptors (Lipinski definition) is 3. The van der Waals surface area contributed by atoms with Crippen molar-refractivity contribution in [1.82, 2.24) is 4.90 Å². The van der Waals surface area contributed by atoms with Crippen LogP contribution in [0.4, 0.5) is 5.69 Å². The van der Waals surface area contributed by atoms with E-state index in [2.05, 4.69) is 55.3 Å². The summed E-state index contributed by atoms with van der Waals surface area (Å²) in [6, 6.07) is 9.12. The van der Waals surface area contributed by atoms with Crippen molar-refractivity contribution in [3.63, 3.8) is 0 Å². The number of anilines is 1. The van der Waals surface area contributed by atoms with Gasteiger partial charge in [0.2, 0.25) is 0 Å². The number of benzene rings is 1. The average molecular weight is 290 g/mol. The van der Waals surface area contributed by atoms with Gasteiger partial charge in [0.15, 0.2) is 0 Å². The number of aliphatic hydroxyl groups excluding tert-OH is 1. The van der Waals surface area contributed by atoms with E-state index in [-0.39, 0.29) is 5.41 Å². The van der Waals surface area contributed by atoms with Crippen molar-refractivity contribution in [3.05, 3.63) is 29.8 Å². The van der Waals surface area contributed by atoms with Crippen molar-refractivity contribution in [2.75, 3.05) is 31.6 Å². The molecule has 3 nitrogen and oxygen atoms in total. The topological polar surface area (TPSA) is 35.5 Å². The molecule has 2 rings (SSSR count). The fourth-order valence-corrected chi connectivity index (χ4v) is 3.01. The predicted octanol–water partition coefficient (Wildman–Crippen LogP) is 3.24. The number of aliphatic hydroxyl groups is 1. The Morgan fingerprint density at radius 2 is 2.14 bits per heavy atom. The van der Waals surface area contributed by atoms with Crippen molar-refractivity contribution < 1.29 is 5.11 Å². The zero-order chi connectivity index (χ0) is 15.3. The van der Waals surface area contributed by atoms with Gasteiger partial charge in [-0.1, -0.05) is 32.9 Å². The lowest BCUT2D eigenvalue weighted by Gasteiger charge is -2.23. The molecular formula is C18H30N2O. The summed E-state index contributed by atoms with van der Waals surface area (Å²) in [6.07, 6.45) is 3.50. The first-order valence-electron chi connectivity index (χ1n) is 8.20. The van der Waals surface area contributed by atoms with Gasteiger partial charge in [-0.2, -0.15) is 0 Å². The summed E-state index contributed by atoms with van der Waals surface area (Å²) in [6.45, 7) is 10.3. The largest absolute Gasteiger partial charge is 0.395 e. The maximum Gasteiger partial charge on any atom is 0.0586 e. The normalized spacial score (nSPS) is 19.9. The Bertz CT molecular complexity index is 439. The van der Waals surface area contributed by atoms with E-state index in [4.69, 9.17) is 0 Å². The molecule has 0 radical (unpaired) electrons. The van der Waals surface area contributed by atoms with Gasteiger partial charge in [-0.3, -0.25) is 4.90 Å². The molecule has 0 bridgehead atoms. The van der Waals surface area contributed by atoms with Gasteiger partial charge in [0.05, 0.1) is 6.61 Å². The number of nitrogens with one attached hydrogen (secondary N) is 1. The first kappa shape index (κ1) is 16.3. The second kappa shape index (κ2) is 7.28. The Hall–Kier alpha value is -1.06. The highest BCUT2D eigenvalue weighted by molar-refractivity contribution is 5.47. The minimum atomic E-state index is 0.196. The van der Waals surface area contributed by atoms with Crippen LogP contribution in [0.1, 0.15) is 45.6 Å². The zero-order valence-electron chi connectivity index (χ0n) is 13.7. The molecule has 0 spiro atoms. The van der Waals surface area contributed by atoms with Gasteiger partial charge in [0, 0.05) is 24.8 Å². The lowest BCUT2D eigenvalue weighted by atomic mass is 9.87. The third-order valence-electron chi connectivity index (χ3n) is 4.39. The quantitative estimate of drug-likeness (QED) is 0.790. The van der Waals surface area contributed by atoms with Crippen molar-refractivity contribution in [3.8, 4) is 0 Å². The molecule has 0 unspecified atom stereocenters. The third-order valence-corrected chi connectivity index (χ3v) is 4.39. The van der Waals surface area contributed by atoms with Crippen LogP contribution in [0.2, 0.25) is 0 Å². The van der Waals surface area contributed by atoms with E-state index in [1.165, 1.54) is 17.7 Å². The fraction of sp³-hybridized carbons (Fsp3) is 0.667. The van der Waals surface area contributed by atoms with E-state index in [1.807, 2.05) is 0 Å². The van der Waals surface area contributed by atoms with Crippen LogP contribution in [0.5, 0.6) is 0 Å². The van der Waals surface area contributed by atoms with Crippen molar-refractivity contribution in [2.24, 2.45) is 0 Å². The number of likely N-dealkylation sites (tertiary alicyclic amines) is 1. The van der Waals surface area contributed by atoms with Gasteiger partial charge in [-0.25, -0.2) is 0 Å². The van der Waals surface area contributed by atoms with Gasteiger partial charge < -0.3 is 10.4 Å². The molecular weight excluding hydrogens is 260 g/mol. The monoisotopic (exact) mass is 290 g/mol. The van der Waals surface area contributed by atoms with Crippen LogP contribution in [0, 0.1) is 0 Å². The summed E-state index contributed by atoms with van der Waals surface area (Å²) < 4.78 is 0. The van der Waals surface area contributed by atoms with Crippen LogP contribution in [0.25, 0.3) is 0 Å². The Morgan fingerprint density at radius 1 is 1.33 bits per heavy atom. The van der Waals surface area contributed by atoms with Crippen LogP contribution in [0.15, 0.2) is 24.3 Å². The maximum absolute atomic E-state index is 9.32. The molecule has 3 heteroatoms. The van der Waals surface area contributed by atoms with Crippen LogP contribution in [-0.4, -0.2) is 42.3 Å². The summed E-state index contributed by atoms with van der Waals surface area (Å²) in [5, 5.41) is 12.8. The molecule has 1 heterocycles. The highest BCUT2D eigenvalue weighted by Gasteiger charge is 2.22. The first-order valence-corrected chi connectivity index (χ1v) is 8.20. The van der Waals surface area contributed by atoms with E-state index in [1.54, 1.807) is 0 Å². The molecule has 0 aliphatic carbocycles. The lowest BCUT2D eigenvalue weighted by molar-refractivity contribution is 0.158. The smallest absolute Gasteiger partial charge is 0.0586 e. The minimum Gasteiger partial charge on any atom is -0.395 e. The first-order chi connectivity index (χ1) is 10.0. The van der Waals surface area contributed by atoms with Crippen LogP contribution < -0.4 is 5.32 Å². The van der Waals surface area contributed by atoms with Crippen molar-refractivity contribution >= 4 is 5.69 Å². The van der Waals surface area contributed by atoms with Crippen LogP contribution >= 0.6 is 0 Å². The van der Waals surface area contributed by atoms with Gasteiger partial charge in [-0.05, 0) is 48.9 Å². The van der Waals surface area contributed by atoms with Gasteiger partial charge in [0.25, 0.3) is 0 Å². The standard InChI is InChI=1S/C18H30N2O/c1-18(2,3)15-7-4-8-16(13-15)19-10-6-12-20-11-5-9-17(20)14-21/h4,7-8,13,17,19,21H,5-6,9-12,14H2,1-3H3/t17-/m0/s1. The molecule has 0 saturated carbocycles. The second-order valence-corrected chi connectivity index (χ2v) is 7.13. The van der Waals surface area contributed by atoms with Crippen LogP contribution in [0.3, 0.4) is 0 Å². The predicted molar refractivity (Wildman–Crippen MR) is 89.9 cm³/mol. The number of nitrogens with zero attached hydrogens (tertiary/aromatic N) is 1. The summed E-state index contributed by atoms with van der Waals surface area (Å²) in [5.74, 6) is 0.